The highest BCUT2D eigenvalue weighted by Crippen LogP contribution is 2.38. The van der Waals surface area contributed by atoms with E-state index in [-0.39, 0.29) is 28.4 Å². The Balaban J connectivity index is 1.89. The van der Waals surface area contributed by atoms with Gasteiger partial charge in [0.2, 0.25) is 5.75 Å². The lowest BCUT2D eigenvalue weighted by atomic mass is 10.2. The largest absolute Gasteiger partial charge is 0.497 e. The third-order valence-electron chi connectivity index (χ3n) is 4.17. The Kier molecular flexibility index (Phi) is 6.54. The van der Waals surface area contributed by atoms with E-state index in [0.29, 0.717) is 11.5 Å². The van der Waals surface area contributed by atoms with Crippen LogP contribution in [0, 0.1) is 0 Å². The van der Waals surface area contributed by atoms with Crippen LogP contribution in [0.5, 0.6) is 28.7 Å². The Bertz CT molecular complexity index is 1060. The summed E-state index contributed by atoms with van der Waals surface area (Å²) in [5, 5.41) is 0. The van der Waals surface area contributed by atoms with Crippen molar-refractivity contribution in [3.63, 3.8) is 0 Å². The van der Waals surface area contributed by atoms with Crippen molar-refractivity contribution in [1.82, 2.24) is 0 Å². The fraction of sp³-hybridized carbons (Fsp3) is 0.130. The number of hydrogen-bond donors (Lipinski definition) is 0. The molecule has 154 valence electrons. The molecule has 0 atom stereocenters. The number of benzene rings is 3. The molecular weight excluding hydrogens is 388 g/mol. The number of methoxy groups -OCH3 is 3. The maximum atomic E-state index is 12.7. The first-order valence-electron chi connectivity index (χ1n) is 8.95. The van der Waals surface area contributed by atoms with Gasteiger partial charge < -0.3 is 23.7 Å². The van der Waals surface area contributed by atoms with Gasteiger partial charge in [-0.1, -0.05) is 18.2 Å². The van der Waals surface area contributed by atoms with Crippen LogP contribution >= 0.6 is 0 Å². The van der Waals surface area contributed by atoms with Crippen molar-refractivity contribution in [3.05, 3.63) is 77.9 Å². The third kappa shape index (κ3) is 4.70. The van der Waals surface area contributed by atoms with Crippen molar-refractivity contribution < 1.29 is 33.3 Å². The van der Waals surface area contributed by atoms with Gasteiger partial charge in [0.05, 0.1) is 32.5 Å². The van der Waals surface area contributed by atoms with Gasteiger partial charge in [-0.05, 0) is 48.5 Å². The van der Waals surface area contributed by atoms with E-state index in [0.717, 1.165) is 0 Å². The summed E-state index contributed by atoms with van der Waals surface area (Å²) in [5.74, 6) is -0.00324. The van der Waals surface area contributed by atoms with E-state index in [1.807, 2.05) is 0 Å². The molecule has 0 amide bonds. The smallest absolute Gasteiger partial charge is 0.343 e. The molecule has 30 heavy (non-hydrogen) atoms. The van der Waals surface area contributed by atoms with Gasteiger partial charge in [-0.15, -0.1) is 0 Å². The SMILES string of the molecule is COc1cccc(C(=O)Oc2cccc(OC)c2OC(=O)c2cccc(OC)c2)c1. The number of carbonyl (C=O) groups excluding carboxylic acids is 2. The number of ether oxygens (including phenoxy) is 5. The second-order valence-electron chi connectivity index (χ2n) is 6.03. The van der Waals surface area contributed by atoms with E-state index in [1.165, 1.54) is 27.4 Å². The van der Waals surface area contributed by atoms with Gasteiger partial charge >= 0.3 is 11.9 Å². The Morgan fingerprint density at radius 2 is 1.10 bits per heavy atom. The molecule has 0 aliphatic carbocycles. The van der Waals surface area contributed by atoms with Crippen molar-refractivity contribution >= 4 is 11.9 Å². The van der Waals surface area contributed by atoms with Crippen LogP contribution in [0.25, 0.3) is 0 Å². The van der Waals surface area contributed by atoms with E-state index in [9.17, 15) is 9.59 Å². The molecule has 3 aromatic rings. The predicted octanol–water partition coefficient (Wildman–Crippen LogP) is 4.15. The fourth-order valence-corrected chi connectivity index (χ4v) is 2.65. The molecule has 0 spiro atoms. The minimum absolute atomic E-state index is 0.0101. The molecule has 0 fully saturated rings. The molecule has 7 nitrogen and oxygen atoms in total. The lowest BCUT2D eigenvalue weighted by Crippen LogP contribution is -2.13. The lowest BCUT2D eigenvalue weighted by Gasteiger charge is -2.14. The second-order valence-corrected chi connectivity index (χ2v) is 6.03. The summed E-state index contributed by atoms with van der Waals surface area (Å²) in [7, 11) is 4.43. The normalized spacial score (nSPS) is 10.1. The second kappa shape index (κ2) is 9.47. The summed E-state index contributed by atoms with van der Waals surface area (Å²) in [6.07, 6.45) is 0. The minimum Gasteiger partial charge on any atom is -0.497 e. The van der Waals surface area contributed by atoms with Gasteiger partial charge in [0, 0.05) is 0 Å². The molecule has 0 heterocycles. The summed E-state index contributed by atoms with van der Waals surface area (Å²) in [6, 6.07) is 17.7. The fourth-order valence-electron chi connectivity index (χ4n) is 2.65. The summed E-state index contributed by atoms with van der Waals surface area (Å²) in [5.41, 5.74) is 0.549. The van der Waals surface area contributed by atoms with Gasteiger partial charge in [0.15, 0.2) is 11.5 Å². The Hall–Kier alpha value is -4.00. The first-order chi connectivity index (χ1) is 14.5. The van der Waals surface area contributed by atoms with Crippen LogP contribution in [-0.2, 0) is 0 Å². The van der Waals surface area contributed by atoms with Crippen LogP contribution in [0.2, 0.25) is 0 Å². The highest BCUT2D eigenvalue weighted by Gasteiger charge is 2.20. The highest BCUT2D eigenvalue weighted by atomic mass is 16.6. The molecule has 0 aliphatic rings. The van der Waals surface area contributed by atoms with Crippen molar-refractivity contribution in [2.75, 3.05) is 21.3 Å². The molecule has 0 aromatic heterocycles. The summed E-state index contributed by atoms with van der Waals surface area (Å²) in [4.78, 5) is 25.2. The Labute approximate surface area is 173 Å². The average Bonchev–Trinajstić information content (AvgIpc) is 2.80. The third-order valence-corrected chi connectivity index (χ3v) is 4.17. The van der Waals surface area contributed by atoms with Gasteiger partial charge in [0.25, 0.3) is 0 Å². The summed E-state index contributed by atoms with van der Waals surface area (Å²) < 4.78 is 26.5. The number of esters is 2. The highest BCUT2D eigenvalue weighted by molar-refractivity contribution is 5.94. The Morgan fingerprint density at radius 1 is 0.600 bits per heavy atom. The molecule has 0 N–H and O–H groups in total. The number of para-hydroxylation sites is 1. The van der Waals surface area contributed by atoms with Gasteiger partial charge in [-0.25, -0.2) is 9.59 Å². The molecular formula is C23H20O7. The molecule has 7 heteroatoms. The summed E-state index contributed by atoms with van der Waals surface area (Å²) in [6.45, 7) is 0. The van der Waals surface area contributed by atoms with Crippen LogP contribution < -0.4 is 23.7 Å². The first-order valence-corrected chi connectivity index (χ1v) is 8.95. The van der Waals surface area contributed by atoms with E-state index >= 15 is 0 Å². The van der Waals surface area contributed by atoms with E-state index in [2.05, 4.69) is 0 Å². The number of hydrogen-bond acceptors (Lipinski definition) is 7. The Morgan fingerprint density at radius 3 is 1.63 bits per heavy atom. The first kappa shape index (κ1) is 20.7. The zero-order valence-electron chi connectivity index (χ0n) is 16.7. The van der Waals surface area contributed by atoms with Crippen molar-refractivity contribution in [2.24, 2.45) is 0 Å². The molecule has 0 saturated carbocycles. The quantitative estimate of drug-likeness (QED) is 0.429. The molecule has 0 radical (unpaired) electrons. The lowest BCUT2D eigenvalue weighted by molar-refractivity contribution is 0.0678. The monoisotopic (exact) mass is 408 g/mol. The van der Waals surface area contributed by atoms with Crippen LogP contribution in [0.3, 0.4) is 0 Å². The molecule has 0 saturated heterocycles. The summed E-state index contributed by atoms with van der Waals surface area (Å²) >= 11 is 0. The zero-order valence-corrected chi connectivity index (χ0v) is 16.7. The molecule has 3 rings (SSSR count). The topological polar surface area (TPSA) is 80.3 Å². The van der Waals surface area contributed by atoms with E-state index in [4.69, 9.17) is 23.7 Å². The van der Waals surface area contributed by atoms with Gasteiger partial charge in [0.1, 0.15) is 11.5 Å². The zero-order chi connectivity index (χ0) is 21.5. The maximum Gasteiger partial charge on any atom is 0.343 e. The molecule has 0 unspecified atom stereocenters. The molecule has 3 aromatic carbocycles. The van der Waals surface area contributed by atoms with Crippen molar-refractivity contribution in [1.29, 1.82) is 0 Å². The number of carbonyl (C=O) groups is 2. The predicted molar refractivity (Wildman–Crippen MR) is 109 cm³/mol. The standard InChI is InChI=1S/C23H20O7/c1-26-17-9-4-7-15(13-17)22(24)29-20-12-6-11-19(28-3)21(20)30-23(25)16-8-5-10-18(14-16)27-2/h4-14H,1-3H3. The number of rotatable bonds is 7. The van der Waals surface area contributed by atoms with Crippen LogP contribution in [-0.4, -0.2) is 33.3 Å². The molecule has 0 bridgehead atoms. The minimum atomic E-state index is -0.655. The van der Waals surface area contributed by atoms with Crippen LogP contribution in [0.15, 0.2) is 66.7 Å². The molecule has 0 aliphatic heterocycles. The maximum absolute atomic E-state index is 12.7. The van der Waals surface area contributed by atoms with Crippen LogP contribution in [0.4, 0.5) is 0 Å². The van der Waals surface area contributed by atoms with Crippen LogP contribution in [0.1, 0.15) is 20.7 Å². The van der Waals surface area contributed by atoms with Gasteiger partial charge in [-0.2, -0.15) is 0 Å². The van der Waals surface area contributed by atoms with Gasteiger partial charge in [-0.3, -0.25) is 0 Å². The average molecular weight is 408 g/mol. The van der Waals surface area contributed by atoms with Crippen molar-refractivity contribution in [3.8, 4) is 28.7 Å². The van der Waals surface area contributed by atoms with Crippen molar-refractivity contribution in [2.45, 2.75) is 0 Å². The van der Waals surface area contributed by atoms with E-state index < -0.39 is 11.9 Å². The van der Waals surface area contributed by atoms with E-state index in [1.54, 1.807) is 60.7 Å².